The predicted octanol–water partition coefficient (Wildman–Crippen LogP) is 2.81. The molecule has 0 spiro atoms. The second-order valence-electron chi connectivity index (χ2n) is 5.55. The van der Waals surface area contributed by atoms with Crippen LogP contribution in [0.15, 0.2) is 24.3 Å². The van der Waals surface area contributed by atoms with Gasteiger partial charge in [-0.1, -0.05) is 18.2 Å². The molecule has 1 aromatic rings. The monoisotopic (exact) mass is 302 g/mol. The van der Waals surface area contributed by atoms with Crippen molar-refractivity contribution in [2.24, 2.45) is 5.73 Å². The Morgan fingerprint density at radius 1 is 1.24 bits per heavy atom. The number of alkyl halides is 3. The van der Waals surface area contributed by atoms with E-state index in [1.807, 2.05) is 18.7 Å². The number of morpholine rings is 1. The Morgan fingerprint density at radius 3 is 2.33 bits per heavy atom. The summed E-state index contributed by atoms with van der Waals surface area (Å²) in [5, 5.41) is 0. The van der Waals surface area contributed by atoms with Crippen molar-refractivity contribution in [1.82, 2.24) is 4.90 Å². The minimum atomic E-state index is -4.37. The molecule has 2 N–H and O–H groups in total. The van der Waals surface area contributed by atoms with Crippen LogP contribution in [0.25, 0.3) is 0 Å². The van der Waals surface area contributed by atoms with Crippen molar-refractivity contribution in [3.05, 3.63) is 35.4 Å². The molecule has 0 saturated carbocycles. The van der Waals surface area contributed by atoms with Gasteiger partial charge in [0.1, 0.15) is 0 Å². The highest BCUT2D eigenvalue weighted by molar-refractivity contribution is 5.33. The van der Waals surface area contributed by atoms with E-state index in [0.29, 0.717) is 13.1 Å². The lowest BCUT2D eigenvalue weighted by atomic mass is 9.97. The van der Waals surface area contributed by atoms with E-state index in [2.05, 4.69) is 0 Å². The Morgan fingerprint density at radius 2 is 1.81 bits per heavy atom. The molecule has 0 aliphatic carbocycles. The van der Waals surface area contributed by atoms with E-state index in [0.717, 1.165) is 6.07 Å². The Kier molecular flexibility index (Phi) is 4.91. The van der Waals surface area contributed by atoms with E-state index < -0.39 is 17.8 Å². The zero-order chi connectivity index (χ0) is 15.6. The van der Waals surface area contributed by atoms with Crippen LogP contribution in [0.4, 0.5) is 13.2 Å². The van der Waals surface area contributed by atoms with E-state index in [1.165, 1.54) is 12.1 Å². The lowest BCUT2D eigenvalue weighted by Crippen LogP contribution is -2.48. The molecule has 0 bridgehead atoms. The maximum Gasteiger partial charge on any atom is 0.416 e. The lowest BCUT2D eigenvalue weighted by molar-refractivity contribution is -0.139. The summed E-state index contributed by atoms with van der Waals surface area (Å²) in [4.78, 5) is 1.99. The smallest absolute Gasteiger partial charge is 0.373 e. The van der Waals surface area contributed by atoms with Crippen molar-refractivity contribution in [3.63, 3.8) is 0 Å². The van der Waals surface area contributed by atoms with Crippen LogP contribution in [0.3, 0.4) is 0 Å². The summed E-state index contributed by atoms with van der Waals surface area (Å²) in [5.41, 5.74) is 5.43. The van der Waals surface area contributed by atoms with Crippen molar-refractivity contribution in [3.8, 4) is 0 Å². The fourth-order valence-electron chi connectivity index (χ4n) is 2.99. The Balaban J connectivity index is 2.34. The number of hydrogen-bond acceptors (Lipinski definition) is 3. The molecule has 0 aromatic heterocycles. The van der Waals surface area contributed by atoms with E-state index in [9.17, 15) is 13.2 Å². The molecule has 3 nitrogen and oxygen atoms in total. The van der Waals surface area contributed by atoms with Crippen molar-refractivity contribution < 1.29 is 17.9 Å². The minimum Gasteiger partial charge on any atom is -0.373 e. The number of halogens is 3. The van der Waals surface area contributed by atoms with Crippen LogP contribution in [0, 0.1) is 0 Å². The van der Waals surface area contributed by atoms with Gasteiger partial charge in [0.2, 0.25) is 0 Å². The second kappa shape index (κ2) is 6.34. The Bertz CT molecular complexity index is 468. The molecule has 1 aliphatic rings. The largest absolute Gasteiger partial charge is 0.416 e. The van der Waals surface area contributed by atoms with Gasteiger partial charge >= 0.3 is 6.18 Å². The summed E-state index contributed by atoms with van der Waals surface area (Å²) in [7, 11) is 0. The molecule has 0 unspecified atom stereocenters. The zero-order valence-corrected chi connectivity index (χ0v) is 12.2. The SMILES string of the molecule is C[C@@H]1CN([C@@H](CN)c2ccccc2C(F)(F)F)C[C@H](C)O1. The highest BCUT2D eigenvalue weighted by Crippen LogP contribution is 2.36. The number of benzene rings is 1. The first-order valence-electron chi connectivity index (χ1n) is 7.08. The molecular formula is C15H21F3N2O. The average Bonchev–Trinajstić information content (AvgIpc) is 2.38. The van der Waals surface area contributed by atoms with Gasteiger partial charge in [0.05, 0.1) is 17.8 Å². The summed E-state index contributed by atoms with van der Waals surface area (Å²) in [6.45, 7) is 5.15. The maximum atomic E-state index is 13.2. The van der Waals surface area contributed by atoms with Crippen LogP contribution < -0.4 is 5.73 Å². The van der Waals surface area contributed by atoms with Crippen LogP contribution in [0.2, 0.25) is 0 Å². The molecule has 1 aromatic carbocycles. The minimum absolute atomic E-state index is 0.0131. The average molecular weight is 302 g/mol. The topological polar surface area (TPSA) is 38.5 Å². The maximum absolute atomic E-state index is 13.2. The van der Waals surface area contributed by atoms with Crippen LogP contribution in [-0.2, 0) is 10.9 Å². The number of rotatable bonds is 3. The van der Waals surface area contributed by atoms with Gasteiger partial charge in [-0.05, 0) is 25.5 Å². The van der Waals surface area contributed by atoms with Crippen LogP contribution in [-0.4, -0.2) is 36.7 Å². The summed E-state index contributed by atoms with van der Waals surface area (Å²) in [6, 6.07) is 5.22. The first-order chi connectivity index (χ1) is 9.82. The Hall–Kier alpha value is -1.11. The molecule has 21 heavy (non-hydrogen) atoms. The summed E-state index contributed by atoms with van der Waals surface area (Å²) in [5.74, 6) is 0. The second-order valence-corrected chi connectivity index (χ2v) is 5.55. The van der Waals surface area contributed by atoms with E-state index in [-0.39, 0.29) is 24.3 Å². The van der Waals surface area contributed by atoms with Gasteiger partial charge in [0, 0.05) is 25.7 Å². The number of nitrogens with two attached hydrogens (primary N) is 1. The zero-order valence-electron chi connectivity index (χ0n) is 12.2. The van der Waals surface area contributed by atoms with Gasteiger partial charge < -0.3 is 10.5 Å². The summed E-state index contributed by atoms with van der Waals surface area (Å²) < 4.78 is 45.2. The quantitative estimate of drug-likeness (QED) is 0.933. The molecular weight excluding hydrogens is 281 g/mol. The van der Waals surface area contributed by atoms with Crippen molar-refractivity contribution in [2.45, 2.75) is 38.3 Å². The van der Waals surface area contributed by atoms with Gasteiger partial charge in [-0.25, -0.2) is 0 Å². The molecule has 3 atom stereocenters. The summed E-state index contributed by atoms with van der Waals surface area (Å²) >= 11 is 0. The van der Waals surface area contributed by atoms with Crippen molar-refractivity contribution >= 4 is 0 Å². The van der Waals surface area contributed by atoms with E-state index in [1.54, 1.807) is 6.07 Å². The standard InChI is InChI=1S/C15H21F3N2O/c1-10-8-20(9-11(2)21-10)14(7-19)12-5-3-4-6-13(12)15(16,17)18/h3-6,10-11,14H,7-9,19H2,1-2H3/t10-,11+,14-/m0/s1. The first-order valence-corrected chi connectivity index (χ1v) is 7.08. The van der Waals surface area contributed by atoms with Gasteiger partial charge in [0.25, 0.3) is 0 Å². The van der Waals surface area contributed by atoms with Gasteiger partial charge in [-0.15, -0.1) is 0 Å². The van der Waals surface area contributed by atoms with Gasteiger partial charge in [0.15, 0.2) is 0 Å². The van der Waals surface area contributed by atoms with Crippen LogP contribution >= 0.6 is 0 Å². The third-order valence-corrected chi connectivity index (χ3v) is 3.74. The predicted molar refractivity (Wildman–Crippen MR) is 74.8 cm³/mol. The highest BCUT2D eigenvalue weighted by atomic mass is 19.4. The summed E-state index contributed by atoms with van der Waals surface area (Å²) in [6.07, 6.45) is -4.39. The lowest BCUT2D eigenvalue weighted by Gasteiger charge is -2.40. The van der Waals surface area contributed by atoms with Gasteiger partial charge in [-0.2, -0.15) is 13.2 Å². The molecule has 1 heterocycles. The molecule has 118 valence electrons. The van der Waals surface area contributed by atoms with E-state index in [4.69, 9.17) is 10.5 Å². The molecule has 0 amide bonds. The van der Waals surface area contributed by atoms with Gasteiger partial charge in [-0.3, -0.25) is 4.90 Å². The number of nitrogens with zero attached hydrogens (tertiary/aromatic N) is 1. The van der Waals surface area contributed by atoms with Crippen LogP contribution in [0.5, 0.6) is 0 Å². The molecule has 2 rings (SSSR count). The molecule has 1 saturated heterocycles. The van der Waals surface area contributed by atoms with Crippen LogP contribution in [0.1, 0.15) is 31.0 Å². The number of hydrogen-bond donors (Lipinski definition) is 1. The third-order valence-electron chi connectivity index (χ3n) is 3.74. The fraction of sp³-hybridized carbons (Fsp3) is 0.600. The third kappa shape index (κ3) is 3.75. The molecule has 1 fully saturated rings. The number of ether oxygens (including phenoxy) is 1. The Labute approximate surface area is 122 Å². The fourth-order valence-corrected chi connectivity index (χ4v) is 2.99. The molecule has 6 heteroatoms. The molecule has 0 radical (unpaired) electrons. The highest BCUT2D eigenvalue weighted by Gasteiger charge is 2.37. The molecule has 1 aliphatic heterocycles. The van der Waals surface area contributed by atoms with Crippen molar-refractivity contribution in [1.29, 1.82) is 0 Å². The van der Waals surface area contributed by atoms with Crippen molar-refractivity contribution in [2.75, 3.05) is 19.6 Å². The van der Waals surface area contributed by atoms with E-state index >= 15 is 0 Å². The normalized spacial score (nSPS) is 25.8. The first kappa shape index (κ1) is 16.3.